The molecule has 0 spiro atoms. The number of aromatic nitrogens is 2. The second-order valence-corrected chi connectivity index (χ2v) is 12.1. The van der Waals surface area contributed by atoms with Gasteiger partial charge in [-0.25, -0.2) is 8.78 Å². The zero-order valence-electron chi connectivity index (χ0n) is 25.1. The fraction of sp³-hybridized carbons (Fsp3) is 0.105. The zero-order valence-corrected chi connectivity index (χ0v) is 25.1. The lowest BCUT2D eigenvalue weighted by Crippen LogP contribution is -2.41. The van der Waals surface area contributed by atoms with E-state index in [2.05, 4.69) is 0 Å². The normalized spacial score (nSPS) is 14.5. The zero-order chi connectivity index (χ0) is 32.8. The van der Waals surface area contributed by atoms with Crippen molar-refractivity contribution in [3.05, 3.63) is 130 Å². The molecule has 9 rings (SSSR count). The fourth-order valence-electron chi connectivity index (χ4n) is 7.21. The van der Waals surface area contributed by atoms with Crippen molar-refractivity contribution in [1.29, 1.82) is 0 Å². The van der Waals surface area contributed by atoms with Crippen LogP contribution in [0.5, 0.6) is 0 Å². The number of halogens is 2. The Morgan fingerprint density at radius 1 is 0.458 bits per heavy atom. The van der Waals surface area contributed by atoms with Crippen LogP contribution in [-0.2, 0) is 12.8 Å². The summed E-state index contributed by atoms with van der Waals surface area (Å²) in [6.07, 6.45) is 3.69. The van der Waals surface area contributed by atoms with Crippen LogP contribution < -0.4 is 0 Å². The summed E-state index contributed by atoms with van der Waals surface area (Å²) in [6.45, 7) is 0.234. The van der Waals surface area contributed by atoms with E-state index >= 15 is 0 Å². The first kappa shape index (κ1) is 28.1. The van der Waals surface area contributed by atoms with Gasteiger partial charge in [-0.15, -0.1) is 0 Å². The molecule has 0 saturated heterocycles. The highest BCUT2D eigenvalue weighted by Crippen LogP contribution is 2.44. The molecule has 0 atom stereocenters. The van der Waals surface area contributed by atoms with Crippen LogP contribution in [0.2, 0.25) is 0 Å². The number of imide groups is 2. The minimum atomic E-state index is -0.466. The van der Waals surface area contributed by atoms with Gasteiger partial charge in [0.15, 0.2) is 0 Å². The van der Waals surface area contributed by atoms with Gasteiger partial charge in [0.2, 0.25) is 0 Å². The van der Waals surface area contributed by atoms with Crippen LogP contribution in [0.15, 0.2) is 85.2 Å². The number of carbonyl (C=O) groups excluding carboxylic acids is 4. The average Bonchev–Trinajstić information content (AvgIpc) is 3.10. The van der Waals surface area contributed by atoms with Crippen LogP contribution in [0.1, 0.15) is 52.6 Å². The SMILES string of the molecule is O=C1c2ccc3c4ncc5c6c(ccc(c7ncc(c2c37)C(=O)N1CCc1ccc(F)cc1)c64)C(=O)N(CCc1ccc(F)cc1)C5=O. The summed E-state index contributed by atoms with van der Waals surface area (Å²) in [5.74, 6) is -2.52. The quantitative estimate of drug-likeness (QED) is 0.118. The van der Waals surface area contributed by atoms with Crippen molar-refractivity contribution in [3.63, 3.8) is 0 Å². The van der Waals surface area contributed by atoms with E-state index in [4.69, 9.17) is 9.97 Å². The van der Waals surface area contributed by atoms with E-state index in [9.17, 15) is 28.0 Å². The molecule has 0 unspecified atom stereocenters. The van der Waals surface area contributed by atoms with Crippen molar-refractivity contribution in [2.75, 3.05) is 13.1 Å². The van der Waals surface area contributed by atoms with Crippen LogP contribution in [0.25, 0.3) is 43.4 Å². The Kier molecular flexibility index (Phi) is 5.95. The van der Waals surface area contributed by atoms with Gasteiger partial charge in [0, 0.05) is 68.9 Å². The molecule has 232 valence electrons. The minimum absolute atomic E-state index is 0.117. The number of benzene rings is 5. The van der Waals surface area contributed by atoms with E-state index < -0.39 is 23.6 Å². The van der Waals surface area contributed by atoms with Crippen molar-refractivity contribution < 1.29 is 28.0 Å². The summed E-state index contributed by atoms with van der Waals surface area (Å²) in [7, 11) is 0. The molecule has 0 N–H and O–H groups in total. The summed E-state index contributed by atoms with van der Waals surface area (Å²) in [5, 5.41) is 3.50. The average molecular weight is 637 g/mol. The first-order valence-corrected chi connectivity index (χ1v) is 15.4. The van der Waals surface area contributed by atoms with Gasteiger partial charge in [-0.05, 0) is 60.4 Å². The Bertz CT molecular complexity index is 2270. The fourth-order valence-corrected chi connectivity index (χ4v) is 7.21. The topological polar surface area (TPSA) is 101 Å². The van der Waals surface area contributed by atoms with Gasteiger partial charge in [0.25, 0.3) is 23.6 Å². The lowest BCUT2D eigenvalue weighted by atomic mass is 9.86. The molecule has 10 heteroatoms. The van der Waals surface area contributed by atoms with E-state index in [0.29, 0.717) is 78.4 Å². The molecule has 2 aliphatic rings. The van der Waals surface area contributed by atoms with Gasteiger partial charge in [-0.2, -0.15) is 0 Å². The molecule has 7 aromatic rings. The van der Waals surface area contributed by atoms with Crippen LogP contribution in [0.3, 0.4) is 0 Å². The molecule has 0 aliphatic carbocycles. The van der Waals surface area contributed by atoms with Crippen LogP contribution in [0, 0.1) is 11.6 Å². The van der Waals surface area contributed by atoms with Gasteiger partial charge >= 0.3 is 0 Å². The lowest BCUT2D eigenvalue weighted by Gasteiger charge is -2.29. The maximum atomic E-state index is 13.8. The standard InChI is InChI=1S/C38H22F2N4O4/c39-21-5-1-19(2-6-21)13-15-43-35(45)25-11-9-23-31-29(25)27(37(43)47)17-41-33(31)24-10-12-26-30-28(18-42-34(23)32(24)30)38(48)44(36(26)46)16-14-20-3-7-22(40)8-4-20/h1-12,17-18H,13-16H2. The van der Waals surface area contributed by atoms with Crippen LogP contribution in [-0.4, -0.2) is 56.5 Å². The van der Waals surface area contributed by atoms with Crippen molar-refractivity contribution in [3.8, 4) is 0 Å². The Morgan fingerprint density at radius 3 is 1.23 bits per heavy atom. The highest BCUT2D eigenvalue weighted by Gasteiger charge is 2.37. The lowest BCUT2D eigenvalue weighted by molar-refractivity contribution is 0.0596. The molecular formula is C38H22F2N4O4. The molecule has 2 aliphatic heterocycles. The van der Waals surface area contributed by atoms with Gasteiger partial charge in [0.1, 0.15) is 11.6 Å². The summed E-state index contributed by atoms with van der Waals surface area (Å²) in [4.78, 5) is 66.9. The Hall–Kier alpha value is -6.16. The number of amides is 4. The first-order chi connectivity index (χ1) is 23.3. The molecule has 0 radical (unpaired) electrons. The second kappa shape index (κ2) is 10.2. The van der Waals surface area contributed by atoms with E-state index in [-0.39, 0.29) is 24.7 Å². The third-order valence-corrected chi connectivity index (χ3v) is 9.56. The van der Waals surface area contributed by atoms with E-state index in [1.807, 2.05) is 0 Å². The Balaban J connectivity index is 1.15. The van der Waals surface area contributed by atoms with Crippen LogP contribution in [0.4, 0.5) is 8.78 Å². The van der Waals surface area contributed by atoms with Gasteiger partial charge in [-0.1, -0.05) is 36.4 Å². The molecule has 48 heavy (non-hydrogen) atoms. The number of hydrogen-bond donors (Lipinski definition) is 0. The predicted molar refractivity (Wildman–Crippen MR) is 174 cm³/mol. The smallest absolute Gasteiger partial charge is 0.262 e. The largest absolute Gasteiger partial charge is 0.274 e. The summed E-state index contributed by atoms with van der Waals surface area (Å²) >= 11 is 0. The molecule has 5 aromatic carbocycles. The minimum Gasteiger partial charge on any atom is -0.274 e. The number of pyridine rings is 2. The van der Waals surface area contributed by atoms with Gasteiger partial charge in [0.05, 0.1) is 22.2 Å². The molecule has 2 aromatic heterocycles. The predicted octanol–water partition coefficient (Wildman–Crippen LogP) is 6.48. The van der Waals surface area contributed by atoms with Crippen LogP contribution >= 0.6 is 0 Å². The number of rotatable bonds is 6. The molecule has 8 nitrogen and oxygen atoms in total. The van der Waals surface area contributed by atoms with Crippen molar-refractivity contribution >= 4 is 67.0 Å². The van der Waals surface area contributed by atoms with Gasteiger partial charge in [-0.3, -0.25) is 38.9 Å². The Morgan fingerprint density at radius 2 is 0.833 bits per heavy atom. The first-order valence-electron chi connectivity index (χ1n) is 15.4. The molecule has 4 heterocycles. The van der Waals surface area contributed by atoms with Crippen molar-refractivity contribution in [2.45, 2.75) is 12.8 Å². The summed E-state index contributed by atoms with van der Waals surface area (Å²) < 4.78 is 26.8. The number of carbonyl (C=O) groups is 4. The third-order valence-electron chi connectivity index (χ3n) is 9.56. The maximum Gasteiger partial charge on any atom is 0.262 e. The third kappa shape index (κ3) is 3.92. The maximum absolute atomic E-state index is 13.8. The Labute approximate surface area is 270 Å². The monoisotopic (exact) mass is 636 g/mol. The van der Waals surface area contributed by atoms with Crippen molar-refractivity contribution in [1.82, 2.24) is 19.8 Å². The van der Waals surface area contributed by atoms with E-state index in [0.717, 1.165) is 11.1 Å². The number of nitrogens with zero attached hydrogens (tertiary/aromatic N) is 4. The molecule has 0 bridgehead atoms. The molecule has 0 fully saturated rings. The molecule has 0 saturated carbocycles. The second-order valence-electron chi connectivity index (χ2n) is 12.1. The molecule has 4 amide bonds. The number of hydrogen-bond acceptors (Lipinski definition) is 6. The summed E-state index contributed by atoms with van der Waals surface area (Å²) in [5.41, 5.74) is 3.96. The van der Waals surface area contributed by atoms with Crippen molar-refractivity contribution in [2.24, 2.45) is 0 Å². The molecular weight excluding hydrogens is 614 g/mol. The van der Waals surface area contributed by atoms with E-state index in [1.54, 1.807) is 48.5 Å². The highest BCUT2D eigenvalue weighted by atomic mass is 19.1. The van der Waals surface area contributed by atoms with E-state index in [1.165, 1.54) is 46.5 Å². The number of fused-ring (bicyclic) bond motifs is 2. The highest BCUT2D eigenvalue weighted by molar-refractivity contribution is 6.39. The summed E-state index contributed by atoms with van der Waals surface area (Å²) in [6, 6.07) is 18.8. The van der Waals surface area contributed by atoms with Gasteiger partial charge < -0.3 is 0 Å².